The number of fused-ring (bicyclic) bond motifs is 1. The number of halogens is 1. The second-order valence-electron chi connectivity index (χ2n) is 14.3. The third-order valence-corrected chi connectivity index (χ3v) is 9.95. The molecule has 0 saturated heterocycles. The maximum atomic E-state index is 10.00. The molecule has 0 fully saturated rings. The quantitative estimate of drug-likeness (QED) is 0.224. The number of hydrogen-bond donors (Lipinski definition) is 0. The van der Waals surface area contributed by atoms with Crippen molar-refractivity contribution in [3.63, 3.8) is 0 Å². The fraction of sp³-hybridized carbons (Fsp3) is 0.462. The first-order valence-corrected chi connectivity index (χ1v) is 16.3. The number of nitrogens with zero attached hydrogens (tertiary/aromatic N) is 4. The summed E-state index contributed by atoms with van der Waals surface area (Å²) in [7, 11) is 0. The third-order valence-electron chi connectivity index (χ3n) is 9.46. The van der Waals surface area contributed by atoms with Crippen LogP contribution in [0.5, 0.6) is 0 Å². The molecule has 1 atom stereocenters. The molecule has 3 aliphatic rings. The molecule has 1 unspecified atom stereocenters. The molecule has 5 nitrogen and oxygen atoms in total. The number of rotatable bonds is 7. The Labute approximate surface area is 275 Å². The first kappa shape index (κ1) is 33.9. The van der Waals surface area contributed by atoms with E-state index in [0.29, 0.717) is 11.5 Å². The van der Waals surface area contributed by atoms with Crippen molar-refractivity contribution in [1.82, 2.24) is 0 Å². The van der Waals surface area contributed by atoms with E-state index in [1.165, 1.54) is 29.8 Å². The van der Waals surface area contributed by atoms with Crippen molar-refractivity contribution in [3.05, 3.63) is 98.5 Å². The second kappa shape index (κ2) is 13.2. The van der Waals surface area contributed by atoms with Crippen molar-refractivity contribution in [3.8, 4) is 18.2 Å². The molecule has 1 aromatic carbocycles. The predicted molar refractivity (Wildman–Crippen MR) is 183 cm³/mol. The van der Waals surface area contributed by atoms with Gasteiger partial charge in [0.25, 0.3) is 0 Å². The number of unbranched alkanes of at least 4 members (excludes halogenated alkanes) is 2. The minimum Gasteiger partial charge on any atom is -0.480 e. The van der Waals surface area contributed by atoms with Crippen LogP contribution < -0.4 is 4.90 Å². The fourth-order valence-electron chi connectivity index (χ4n) is 6.63. The van der Waals surface area contributed by atoms with E-state index >= 15 is 0 Å². The number of ether oxygens (including phenoxy) is 1. The van der Waals surface area contributed by atoms with E-state index in [9.17, 15) is 15.8 Å². The monoisotopic (exact) mass is 620 g/mol. The highest BCUT2D eigenvalue weighted by Gasteiger charge is 2.40. The molecule has 45 heavy (non-hydrogen) atoms. The molecule has 1 aliphatic carbocycles. The van der Waals surface area contributed by atoms with Gasteiger partial charge in [-0.1, -0.05) is 102 Å². The van der Waals surface area contributed by atoms with Crippen molar-refractivity contribution in [2.75, 3.05) is 11.4 Å². The summed E-state index contributed by atoms with van der Waals surface area (Å²) in [5.41, 5.74) is 5.68. The molecule has 0 saturated carbocycles. The molecule has 0 spiro atoms. The van der Waals surface area contributed by atoms with Gasteiger partial charge in [0.05, 0.1) is 0 Å². The Hall–Kier alpha value is -3.98. The van der Waals surface area contributed by atoms with Crippen molar-refractivity contribution in [2.24, 2.45) is 11.3 Å². The van der Waals surface area contributed by atoms with Gasteiger partial charge in [0.2, 0.25) is 0 Å². The Balaban J connectivity index is 1.81. The normalized spacial score (nSPS) is 22.5. The predicted octanol–water partition coefficient (Wildman–Crippen LogP) is 10.2. The number of allylic oxidation sites excluding steroid dienone is 9. The van der Waals surface area contributed by atoms with Gasteiger partial charge < -0.3 is 9.64 Å². The Morgan fingerprint density at radius 3 is 2.33 bits per heavy atom. The minimum absolute atomic E-state index is 0.0410. The Kier molecular flexibility index (Phi) is 9.92. The molecule has 0 aromatic heterocycles. The van der Waals surface area contributed by atoms with Crippen LogP contribution in [0.15, 0.2) is 92.9 Å². The zero-order valence-corrected chi connectivity index (χ0v) is 28.8. The maximum absolute atomic E-state index is 10.00. The van der Waals surface area contributed by atoms with Crippen molar-refractivity contribution < 1.29 is 4.74 Å². The summed E-state index contributed by atoms with van der Waals surface area (Å²) in [6.07, 6.45) is 13.6. The number of benzene rings is 1. The fourth-order valence-corrected chi connectivity index (χ4v) is 6.91. The third kappa shape index (κ3) is 6.69. The average molecular weight is 621 g/mol. The summed E-state index contributed by atoms with van der Waals surface area (Å²) in [4.78, 5) is 2.49. The molecule has 0 amide bonds. The van der Waals surface area contributed by atoms with Crippen LogP contribution in [0.4, 0.5) is 5.69 Å². The van der Waals surface area contributed by atoms with Crippen LogP contribution in [-0.4, -0.2) is 12.1 Å². The van der Waals surface area contributed by atoms with Gasteiger partial charge in [-0.25, -0.2) is 0 Å². The molecule has 0 N–H and O–H groups in total. The van der Waals surface area contributed by atoms with Crippen LogP contribution in [0.3, 0.4) is 0 Å². The van der Waals surface area contributed by atoms with E-state index in [0.717, 1.165) is 42.0 Å². The molecule has 2 aliphatic heterocycles. The highest BCUT2D eigenvalue weighted by Crippen LogP contribution is 2.49. The minimum atomic E-state index is -0.881. The van der Waals surface area contributed by atoms with Crippen LogP contribution in [0.25, 0.3) is 0 Å². The highest BCUT2D eigenvalue weighted by molar-refractivity contribution is 6.32. The van der Waals surface area contributed by atoms with Gasteiger partial charge >= 0.3 is 0 Å². The lowest BCUT2D eigenvalue weighted by atomic mass is 9.70. The highest BCUT2D eigenvalue weighted by atomic mass is 35.5. The summed E-state index contributed by atoms with van der Waals surface area (Å²) in [5, 5.41) is 29.6. The molecule has 6 heteroatoms. The van der Waals surface area contributed by atoms with Crippen LogP contribution >= 0.6 is 11.6 Å². The van der Waals surface area contributed by atoms with E-state index in [-0.39, 0.29) is 27.7 Å². The van der Waals surface area contributed by atoms with E-state index in [2.05, 4.69) is 88.9 Å². The average Bonchev–Trinajstić information content (AvgIpc) is 3.37. The standard InChI is InChI=1S/C39H45ClN4O/c1-9-10-13-20-44-33-15-12-11-14-32(33)38(5,6)34(44)19-17-27-22-29(37(2,3)4)21-26(35(27)40)16-18-31-30(25-43)36(28(23-41)24-42)45-39(31,7)8/h11-12,14-19,29H,9-10,13,20-22H2,1-8H3/b18-16+,27-17+,34-19+. The number of hydrogen-bond acceptors (Lipinski definition) is 5. The topological polar surface area (TPSA) is 83.8 Å². The van der Waals surface area contributed by atoms with Gasteiger partial charge in [-0.15, -0.1) is 0 Å². The molecule has 2 heterocycles. The summed E-state index contributed by atoms with van der Waals surface area (Å²) >= 11 is 7.21. The van der Waals surface area contributed by atoms with Crippen LogP contribution in [-0.2, 0) is 10.2 Å². The zero-order chi connectivity index (χ0) is 33.2. The van der Waals surface area contributed by atoms with E-state index < -0.39 is 5.60 Å². The summed E-state index contributed by atoms with van der Waals surface area (Å²) in [5.74, 6) is 0.398. The molecule has 0 bridgehead atoms. The van der Waals surface area contributed by atoms with Gasteiger partial charge in [0.1, 0.15) is 29.4 Å². The lowest BCUT2D eigenvalue weighted by Crippen LogP contribution is -2.27. The van der Waals surface area contributed by atoms with Crippen molar-refractivity contribution >= 4 is 17.3 Å². The van der Waals surface area contributed by atoms with Crippen molar-refractivity contribution in [1.29, 1.82) is 15.8 Å². The summed E-state index contributed by atoms with van der Waals surface area (Å²) in [6, 6.07) is 14.6. The Morgan fingerprint density at radius 2 is 1.71 bits per heavy atom. The molecule has 234 valence electrons. The van der Waals surface area contributed by atoms with E-state index in [4.69, 9.17) is 16.3 Å². The van der Waals surface area contributed by atoms with Gasteiger partial charge in [-0.2, -0.15) is 15.8 Å². The van der Waals surface area contributed by atoms with Crippen LogP contribution in [0, 0.1) is 45.3 Å². The first-order chi connectivity index (χ1) is 21.2. The second-order valence-corrected chi connectivity index (χ2v) is 14.7. The molecular formula is C39H45ClN4O. The van der Waals surface area contributed by atoms with E-state index in [1.807, 2.05) is 38.1 Å². The van der Waals surface area contributed by atoms with Gasteiger partial charge in [0, 0.05) is 33.9 Å². The smallest absolute Gasteiger partial charge is 0.172 e. The Morgan fingerprint density at radius 1 is 1.02 bits per heavy atom. The zero-order valence-electron chi connectivity index (χ0n) is 28.0. The van der Waals surface area contributed by atoms with Crippen LogP contribution in [0.2, 0.25) is 0 Å². The number of para-hydroxylation sites is 1. The summed E-state index contributed by atoms with van der Waals surface area (Å²) < 4.78 is 5.97. The summed E-state index contributed by atoms with van der Waals surface area (Å²) in [6.45, 7) is 18.3. The lowest BCUT2D eigenvalue weighted by Gasteiger charge is -2.36. The number of nitriles is 3. The molecule has 4 rings (SSSR count). The SMILES string of the molecule is CCCCCN1/C(=C/C=C2\CC(C(C)(C)C)CC(/C=C/C3=C(C#N)C(=C(C#N)C#N)OC3(C)C)=C2Cl)C(C)(C)c2ccccc21. The lowest BCUT2D eigenvalue weighted by molar-refractivity contribution is 0.0954. The van der Waals surface area contributed by atoms with Crippen molar-refractivity contribution in [2.45, 2.75) is 98.5 Å². The molecule has 1 aromatic rings. The molecular weight excluding hydrogens is 576 g/mol. The van der Waals surface area contributed by atoms with E-state index in [1.54, 1.807) is 0 Å². The van der Waals surface area contributed by atoms with Gasteiger partial charge in [-0.3, -0.25) is 0 Å². The molecule has 0 radical (unpaired) electrons. The van der Waals surface area contributed by atoms with Gasteiger partial charge in [0.15, 0.2) is 11.3 Å². The van der Waals surface area contributed by atoms with Gasteiger partial charge in [-0.05, 0) is 73.3 Å². The largest absolute Gasteiger partial charge is 0.480 e. The maximum Gasteiger partial charge on any atom is 0.172 e. The number of anilines is 1. The Bertz CT molecular complexity index is 1650. The first-order valence-electron chi connectivity index (χ1n) is 15.9. The van der Waals surface area contributed by atoms with Crippen LogP contribution in [0.1, 0.15) is 93.1 Å².